The van der Waals surface area contributed by atoms with Crippen molar-refractivity contribution in [3.8, 4) is 0 Å². The number of aliphatic imine (C=N–C) groups is 1. The van der Waals surface area contributed by atoms with Crippen LogP contribution in [-0.2, 0) is 9.53 Å². The molecule has 2 fully saturated rings. The summed E-state index contributed by atoms with van der Waals surface area (Å²) in [5.41, 5.74) is -0.529. The van der Waals surface area contributed by atoms with Gasteiger partial charge in [0.2, 0.25) is 5.91 Å². The highest BCUT2D eigenvalue weighted by atomic mass is 127. The second kappa shape index (κ2) is 13.4. The normalized spacial score (nSPS) is 18.6. The highest BCUT2D eigenvalue weighted by molar-refractivity contribution is 14.0. The number of halogens is 1. The molecule has 1 aliphatic heterocycles. The van der Waals surface area contributed by atoms with Crippen molar-refractivity contribution in [2.75, 3.05) is 45.8 Å². The lowest BCUT2D eigenvalue weighted by Gasteiger charge is -2.36. The maximum Gasteiger partial charge on any atom is 0.407 e. The molecule has 1 aliphatic carbocycles. The molecule has 1 heterocycles. The molecule has 2 rings (SSSR count). The fraction of sp³-hybridized carbons (Fsp3) is 0.864. The van der Waals surface area contributed by atoms with Crippen molar-refractivity contribution in [1.29, 1.82) is 0 Å². The molecule has 186 valence electrons. The van der Waals surface area contributed by atoms with Gasteiger partial charge in [-0.05, 0) is 46.5 Å². The number of guanidine groups is 1. The molecule has 32 heavy (non-hydrogen) atoms. The minimum Gasteiger partial charge on any atom is -0.444 e. The van der Waals surface area contributed by atoms with Crippen LogP contribution in [0.1, 0.15) is 54.4 Å². The Labute approximate surface area is 210 Å². The van der Waals surface area contributed by atoms with Crippen LogP contribution < -0.4 is 16.0 Å². The molecule has 2 amide bonds. The summed E-state index contributed by atoms with van der Waals surface area (Å²) in [6.45, 7) is 16.7. The average Bonchev–Trinajstić information content (AvgIpc) is 3.46. The van der Waals surface area contributed by atoms with Gasteiger partial charge >= 0.3 is 6.09 Å². The number of amides is 2. The van der Waals surface area contributed by atoms with E-state index in [1.54, 1.807) is 0 Å². The van der Waals surface area contributed by atoms with Crippen LogP contribution in [0, 0.1) is 5.92 Å². The van der Waals surface area contributed by atoms with Gasteiger partial charge in [0.05, 0.1) is 19.1 Å². The number of piperazine rings is 1. The molecular weight excluding hydrogens is 523 g/mol. The van der Waals surface area contributed by atoms with E-state index in [1.165, 1.54) is 0 Å². The van der Waals surface area contributed by atoms with E-state index in [-0.39, 0.29) is 41.8 Å². The summed E-state index contributed by atoms with van der Waals surface area (Å²) >= 11 is 0. The lowest BCUT2D eigenvalue weighted by Crippen LogP contribution is -2.54. The van der Waals surface area contributed by atoms with Gasteiger partial charge in [-0.3, -0.25) is 14.7 Å². The van der Waals surface area contributed by atoms with Crippen LogP contribution >= 0.6 is 24.0 Å². The molecule has 1 atom stereocenters. The minimum absolute atomic E-state index is 0. The van der Waals surface area contributed by atoms with Gasteiger partial charge in [0.25, 0.3) is 0 Å². The predicted octanol–water partition coefficient (Wildman–Crippen LogP) is 2.02. The second-order valence-electron chi connectivity index (χ2n) is 9.80. The third kappa shape index (κ3) is 11.0. The minimum atomic E-state index is -0.529. The predicted molar refractivity (Wildman–Crippen MR) is 139 cm³/mol. The van der Waals surface area contributed by atoms with Gasteiger partial charge in [0.1, 0.15) is 5.60 Å². The van der Waals surface area contributed by atoms with E-state index in [4.69, 9.17) is 9.73 Å². The number of nitrogens with one attached hydrogen (secondary N) is 3. The fourth-order valence-corrected chi connectivity index (χ4v) is 3.31. The van der Waals surface area contributed by atoms with Crippen LogP contribution in [0.25, 0.3) is 0 Å². The van der Waals surface area contributed by atoms with Crippen LogP contribution in [0.4, 0.5) is 4.79 Å². The Kier molecular flexibility index (Phi) is 12.0. The van der Waals surface area contributed by atoms with Crippen molar-refractivity contribution in [2.45, 2.75) is 72.1 Å². The van der Waals surface area contributed by atoms with Crippen LogP contribution in [0.3, 0.4) is 0 Å². The molecule has 1 saturated carbocycles. The molecule has 0 aromatic rings. The molecule has 2 aliphatic rings. The molecule has 0 aromatic carbocycles. The summed E-state index contributed by atoms with van der Waals surface area (Å²) in [7, 11) is 0. The van der Waals surface area contributed by atoms with E-state index in [9.17, 15) is 9.59 Å². The molecule has 0 spiro atoms. The number of ether oxygens (including phenoxy) is 1. The van der Waals surface area contributed by atoms with Crippen LogP contribution in [0.15, 0.2) is 4.99 Å². The first kappa shape index (κ1) is 28.7. The molecule has 0 aromatic heterocycles. The van der Waals surface area contributed by atoms with Crippen LogP contribution in [-0.4, -0.2) is 91.3 Å². The third-order valence-corrected chi connectivity index (χ3v) is 5.26. The summed E-state index contributed by atoms with van der Waals surface area (Å²) in [4.78, 5) is 33.5. The van der Waals surface area contributed by atoms with Crippen molar-refractivity contribution >= 4 is 41.9 Å². The van der Waals surface area contributed by atoms with Crippen molar-refractivity contribution in [3.63, 3.8) is 0 Å². The largest absolute Gasteiger partial charge is 0.444 e. The Morgan fingerprint density at radius 3 is 2.25 bits per heavy atom. The van der Waals surface area contributed by atoms with E-state index >= 15 is 0 Å². The summed E-state index contributed by atoms with van der Waals surface area (Å²) in [5.74, 6) is 1.20. The van der Waals surface area contributed by atoms with Crippen molar-refractivity contribution in [1.82, 2.24) is 25.8 Å². The zero-order chi connectivity index (χ0) is 23.0. The Morgan fingerprint density at radius 2 is 1.75 bits per heavy atom. The summed E-state index contributed by atoms with van der Waals surface area (Å²) < 4.78 is 5.40. The number of carbonyl (C=O) groups is 2. The van der Waals surface area contributed by atoms with Crippen LogP contribution in [0.5, 0.6) is 0 Å². The Bertz CT molecular complexity index is 626. The number of nitrogens with zero attached hydrogens (tertiary/aromatic N) is 3. The first-order valence-corrected chi connectivity index (χ1v) is 11.6. The van der Waals surface area contributed by atoms with Gasteiger partial charge in [0, 0.05) is 38.8 Å². The summed E-state index contributed by atoms with van der Waals surface area (Å²) in [6, 6.07) is 0.292. The number of hydrogen-bond donors (Lipinski definition) is 3. The molecule has 0 radical (unpaired) electrons. The topological polar surface area (TPSA) is 98.3 Å². The highest BCUT2D eigenvalue weighted by Gasteiger charge is 2.26. The van der Waals surface area contributed by atoms with Gasteiger partial charge in [-0.25, -0.2) is 4.79 Å². The van der Waals surface area contributed by atoms with E-state index in [0.29, 0.717) is 19.1 Å². The Hall–Kier alpha value is -1.30. The van der Waals surface area contributed by atoms with Crippen molar-refractivity contribution < 1.29 is 14.3 Å². The number of carbonyl (C=O) groups excluding carboxylic acids is 2. The molecule has 3 N–H and O–H groups in total. The van der Waals surface area contributed by atoms with Gasteiger partial charge in [0.15, 0.2) is 5.96 Å². The monoisotopic (exact) mass is 566 g/mol. The quantitative estimate of drug-likeness (QED) is 0.236. The molecular formula is C22H43IN6O3. The second-order valence-corrected chi connectivity index (χ2v) is 9.80. The SMILES string of the molecule is CCNC(=NCC(NC(=O)OC(C)(C)C)C(C)C)N1CCN(CC(=O)NC2CC2)CC1.I. The number of hydrogen-bond acceptors (Lipinski definition) is 5. The highest BCUT2D eigenvalue weighted by Crippen LogP contribution is 2.18. The molecule has 1 unspecified atom stereocenters. The number of rotatable bonds is 8. The molecule has 10 heteroatoms. The van der Waals surface area contributed by atoms with Gasteiger partial charge in [-0.15, -0.1) is 24.0 Å². The molecule has 1 saturated heterocycles. The van der Waals surface area contributed by atoms with Crippen molar-refractivity contribution in [2.24, 2.45) is 10.9 Å². The average molecular weight is 567 g/mol. The maximum absolute atomic E-state index is 12.2. The van der Waals surface area contributed by atoms with E-state index in [0.717, 1.165) is 51.5 Å². The lowest BCUT2D eigenvalue weighted by molar-refractivity contribution is -0.122. The van der Waals surface area contributed by atoms with Crippen molar-refractivity contribution in [3.05, 3.63) is 0 Å². The van der Waals surface area contributed by atoms with E-state index in [2.05, 4.69) is 39.6 Å². The standard InChI is InChI=1S/C22H42N6O3.HI/c1-7-23-20(24-14-18(16(2)3)26-21(30)31-22(4,5)6)28-12-10-27(11-13-28)15-19(29)25-17-8-9-17;/h16-18H,7-15H2,1-6H3,(H,23,24)(H,25,29)(H,26,30);1H. The zero-order valence-electron chi connectivity index (χ0n) is 20.6. The summed E-state index contributed by atoms with van der Waals surface area (Å²) in [6.07, 6.45) is 1.81. The molecule has 9 nitrogen and oxygen atoms in total. The summed E-state index contributed by atoms with van der Waals surface area (Å²) in [5, 5.41) is 9.37. The maximum atomic E-state index is 12.2. The fourth-order valence-electron chi connectivity index (χ4n) is 3.31. The van der Waals surface area contributed by atoms with Gasteiger partial charge < -0.3 is 25.6 Å². The first-order chi connectivity index (χ1) is 14.6. The van der Waals surface area contributed by atoms with Crippen LogP contribution in [0.2, 0.25) is 0 Å². The molecule has 0 bridgehead atoms. The Morgan fingerprint density at radius 1 is 1.12 bits per heavy atom. The first-order valence-electron chi connectivity index (χ1n) is 11.6. The third-order valence-electron chi connectivity index (χ3n) is 5.26. The lowest BCUT2D eigenvalue weighted by atomic mass is 10.1. The smallest absolute Gasteiger partial charge is 0.407 e. The van der Waals surface area contributed by atoms with Gasteiger partial charge in [-0.1, -0.05) is 13.8 Å². The van der Waals surface area contributed by atoms with E-state index < -0.39 is 11.7 Å². The number of alkyl carbamates (subject to hydrolysis) is 1. The van der Waals surface area contributed by atoms with E-state index in [1.807, 2.05) is 27.7 Å². The van der Waals surface area contributed by atoms with Gasteiger partial charge in [-0.2, -0.15) is 0 Å². The zero-order valence-corrected chi connectivity index (χ0v) is 22.9. The Balaban J connectivity index is 0.00000512.